The van der Waals surface area contributed by atoms with Gasteiger partial charge in [0.05, 0.1) is 11.2 Å². The quantitative estimate of drug-likeness (QED) is 0.845. The van der Waals surface area contributed by atoms with E-state index in [1.807, 2.05) is 6.07 Å². The standard InChI is InChI=1S/C16H25BN2O3/c1-15(2)16(3,4)22-17(21-15)12-9-13(19-14(18)10-12)11-5-7-20-8-6-11/h9-11H,5-8H2,1-4H3,(H2,18,19). The zero-order chi connectivity index (χ0) is 16.0. The Morgan fingerprint density at radius 2 is 1.68 bits per heavy atom. The van der Waals surface area contributed by atoms with Crippen LogP contribution in [-0.2, 0) is 14.0 Å². The van der Waals surface area contributed by atoms with E-state index >= 15 is 0 Å². The maximum Gasteiger partial charge on any atom is 0.495 e. The van der Waals surface area contributed by atoms with Gasteiger partial charge in [-0.2, -0.15) is 0 Å². The molecule has 0 spiro atoms. The monoisotopic (exact) mass is 304 g/mol. The van der Waals surface area contributed by atoms with Crippen molar-refractivity contribution < 1.29 is 14.0 Å². The zero-order valence-corrected chi connectivity index (χ0v) is 13.9. The van der Waals surface area contributed by atoms with Crippen molar-refractivity contribution in [1.82, 2.24) is 4.98 Å². The van der Waals surface area contributed by atoms with Gasteiger partial charge in [-0.25, -0.2) is 4.98 Å². The van der Waals surface area contributed by atoms with E-state index in [2.05, 4.69) is 38.7 Å². The number of ether oxygens (including phenoxy) is 1. The van der Waals surface area contributed by atoms with Gasteiger partial charge >= 0.3 is 7.12 Å². The summed E-state index contributed by atoms with van der Waals surface area (Å²) in [7, 11) is -0.395. The fourth-order valence-electron chi connectivity index (χ4n) is 2.91. The Balaban J connectivity index is 1.87. The van der Waals surface area contributed by atoms with Gasteiger partial charge < -0.3 is 19.8 Å². The molecule has 2 aliphatic rings. The van der Waals surface area contributed by atoms with Gasteiger partial charge in [0, 0.05) is 24.8 Å². The molecule has 0 bridgehead atoms. The Morgan fingerprint density at radius 3 is 2.27 bits per heavy atom. The number of anilines is 1. The molecule has 1 aromatic heterocycles. The molecule has 2 N–H and O–H groups in total. The molecule has 0 saturated carbocycles. The fourth-order valence-corrected chi connectivity index (χ4v) is 2.91. The molecule has 5 nitrogen and oxygen atoms in total. The second-order valence-corrected chi connectivity index (χ2v) is 7.23. The summed E-state index contributed by atoms with van der Waals surface area (Å²) in [6.07, 6.45) is 1.97. The van der Waals surface area contributed by atoms with Crippen LogP contribution >= 0.6 is 0 Å². The predicted molar refractivity (Wildman–Crippen MR) is 87.2 cm³/mol. The van der Waals surface area contributed by atoms with E-state index in [1.165, 1.54) is 0 Å². The number of aromatic nitrogens is 1. The molecule has 2 fully saturated rings. The molecule has 0 aliphatic carbocycles. The van der Waals surface area contributed by atoms with Gasteiger partial charge in [0.1, 0.15) is 5.82 Å². The van der Waals surface area contributed by atoms with E-state index in [9.17, 15) is 0 Å². The number of hydrogen-bond acceptors (Lipinski definition) is 5. The fraction of sp³-hybridized carbons (Fsp3) is 0.688. The van der Waals surface area contributed by atoms with Gasteiger partial charge in [0.15, 0.2) is 0 Å². The molecular formula is C16H25BN2O3. The first-order valence-corrected chi connectivity index (χ1v) is 7.99. The molecule has 22 heavy (non-hydrogen) atoms. The molecule has 6 heteroatoms. The number of hydrogen-bond donors (Lipinski definition) is 1. The van der Waals surface area contributed by atoms with Crippen molar-refractivity contribution in [2.45, 2.75) is 57.7 Å². The van der Waals surface area contributed by atoms with Crippen LogP contribution in [0.15, 0.2) is 12.1 Å². The molecule has 0 atom stereocenters. The summed E-state index contributed by atoms with van der Waals surface area (Å²) in [5, 5.41) is 0. The van der Waals surface area contributed by atoms with Crippen molar-refractivity contribution in [3.8, 4) is 0 Å². The molecule has 0 radical (unpaired) electrons. The van der Waals surface area contributed by atoms with Gasteiger partial charge in [-0.05, 0) is 58.1 Å². The van der Waals surface area contributed by atoms with Crippen LogP contribution in [0.5, 0.6) is 0 Å². The lowest BCUT2D eigenvalue weighted by Crippen LogP contribution is -2.41. The number of nitrogen functional groups attached to an aromatic ring is 1. The summed E-state index contributed by atoms with van der Waals surface area (Å²) >= 11 is 0. The lowest BCUT2D eigenvalue weighted by Gasteiger charge is -2.32. The largest absolute Gasteiger partial charge is 0.495 e. The summed E-state index contributed by atoms with van der Waals surface area (Å²) in [4.78, 5) is 4.51. The van der Waals surface area contributed by atoms with E-state index in [-0.39, 0.29) is 11.2 Å². The first-order valence-electron chi connectivity index (χ1n) is 7.99. The minimum absolute atomic E-state index is 0.353. The zero-order valence-electron chi connectivity index (χ0n) is 13.9. The molecule has 0 unspecified atom stereocenters. The Morgan fingerprint density at radius 1 is 1.09 bits per heavy atom. The maximum atomic E-state index is 6.12. The van der Waals surface area contributed by atoms with E-state index < -0.39 is 7.12 Å². The lowest BCUT2D eigenvalue weighted by molar-refractivity contribution is 0.00578. The highest BCUT2D eigenvalue weighted by atomic mass is 16.7. The van der Waals surface area contributed by atoms with Crippen molar-refractivity contribution in [1.29, 1.82) is 0 Å². The Hall–Kier alpha value is -1.11. The first-order chi connectivity index (χ1) is 10.3. The molecule has 3 heterocycles. The smallest absolute Gasteiger partial charge is 0.399 e. The molecule has 1 aromatic rings. The van der Waals surface area contributed by atoms with Crippen molar-refractivity contribution in [2.24, 2.45) is 0 Å². The number of pyridine rings is 1. The highest BCUT2D eigenvalue weighted by Gasteiger charge is 2.51. The number of rotatable bonds is 2. The van der Waals surface area contributed by atoms with Crippen LogP contribution < -0.4 is 11.2 Å². The highest BCUT2D eigenvalue weighted by molar-refractivity contribution is 6.62. The molecular weight excluding hydrogens is 279 g/mol. The number of nitrogens with two attached hydrogens (primary N) is 1. The van der Waals surface area contributed by atoms with Crippen LogP contribution in [0.2, 0.25) is 0 Å². The van der Waals surface area contributed by atoms with Crippen LogP contribution in [0.25, 0.3) is 0 Å². The van der Waals surface area contributed by atoms with Crippen molar-refractivity contribution in [3.05, 3.63) is 17.8 Å². The SMILES string of the molecule is CC1(C)OB(c2cc(N)nc(C3CCOCC3)c2)OC1(C)C. The topological polar surface area (TPSA) is 66.6 Å². The highest BCUT2D eigenvalue weighted by Crippen LogP contribution is 2.36. The summed E-state index contributed by atoms with van der Waals surface area (Å²) in [5.41, 5.74) is 7.28. The van der Waals surface area contributed by atoms with E-state index in [4.69, 9.17) is 19.8 Å². The Labute approximate surface area is 132 Å². The van der Waals surface area contributed by atoms with Crippen LogP contribution in [-0.4, -0.2) is 36.5 Å². The van der Waals surface area contributed by atoms with Gasteiger partial charge in [-0.3, -0.25) is 0 Å². The molecule has 3 rings (SSSR count). The minimum atomic E-state index is -0.395. The van der Waals surface area contributed by atoms with Gasteiger partial charge in [-0.15, -0.1) is 0 Å². The van der Waals surface area contributed by atoms with E-state index in [0.717, 1.165) is 37.2 Å². The second-order valence-electron chi connectivity index (χ2n) is 7.23. The molecule has 2 saturated heterocycles. The number of nitrogens with zero attached hydrogens (tertiary/aromatic N) is 1. The summed E-state index contributed by atoms with van der Waals surface area (Å²) < 4.78 is 17.7. The van der Waals surface area contributed by atoms with Crippen LogP contribution in [0, 0.1) is 0 Å². The van der Waals surface area contributed by atoms with Crippen molar-refractivity contribution >= 4 is 18.4 Å². The third-order valence-electron chi connectivity index (χ3n) is 5.05. The summed E-state index contributed by atoms with van der Waals surface area (Å²) in [6, 6.07) is 3.93. The molecule has 0 aromatic carbocycles. The average Bonchev–Trinajstić information content (AvgIpc) is 2.68. The maximum absolute atomic E-state index is 6.12. The summed E-state index contributed by atoms with van der Waals surface area (Å²) in [6.45, 7) is 9.78. The van der Waals surface area contributed by atoms with Crippen molar-refractivity contribution in [3.63, 3.8) is 0 Å². The molecule has 120 valence electrons. The van der Waals surface area contributed by atoms with Crippen LogP contribution in [0.4, 0.5) is 5.82 Å². The van der Waals surface area contributed by atoms with Crippen LogP contribution in [0.3, 0.4) is 0 Å². The summed E-state index contributed by atoms with van der Waals surface area (Å²) in [5.74, 6) is 0.923. The van der Waals surface area contributed by atoms with Crippen molar-refractivity contribution in [2.75, 3.05) is 18.9 Å². The lowest BCUT2D eigenvalue weighted by atomic mass is 9.78. The van der Waals surface area contributed by atoms with E-state index in [0.29, 0.717) is 11.7 Å². The van der Waals surface area contributed by atoms with E-state index in [1.54, 1.807) is 0 Å². The predicted octanol–water partition coefficient (Wildman–Crippen LogP) is 1.86. The van der Waals surface area contributed by atoms with Gasteiger partial charge in [0.25, 0.3) is 0 Å². The first kappa shape index (κ1) is 15.8. The molecule has 2 aliphatic heterocycles. The Kier molecular flexibility index (Phi) is 3.95. The average molecular weight is 304 g/mol. The van der Waals surface area contributed by atoms with Gasteiger partial charge in [-0.1, -0.05) is 0 Å². The third-order valence-corrected chi connectivity index (χ3v) is 5.05. The second kappa shape index (κ2) is 5.51. The van der Waals surface area contributed by atoms with Crippen LogP contribution in [0.1, 0.15) is 52.1 Å². The minimum Gasteiger partial charge on any atom is -0.399 e. The normalized spacial score (nSPS) is 24.6. The molecule has 0 amide bonds. The third kappa shape index (κ3) is 2.87. The Bertz CT molecular complexity index is 540. The van der Waals surface area contributed by atoms with Gasteiger partial charge in [0.2, 0.25) is 0 Å².